The van der Waals surface area contributed by atoms with Crippen LogP contribution < -0.4 is 5.32 Å². The summed E-state index contributed by atoms with van der Waals surface area (Å²) in [6.45, 7) is 1.56. The third-order valence-corrected chi connectivity index (χ3v) is 6.00. The molecule has 0 radical (unpaired) electrons. The van der Waals surface area contributed by atoms with E-state index in [1.807, 2.05) is 35.2 Å². The second kappa shape index (κ2) is 7.84. The topological polar surface area (TPSA) is 66.5 Å². The van der Waals surface area contributed by atoms with Crippen LogP contribution in [0.3, 0.4) is 0 Å². The van der Waals surface area contributed by atoms with Crippen LogP contribution >= 0.6 is 0 Å². The van der Waals surface area contributed by atoms with Gasteiger partial charge < -0.3 is 10.2 Å². The fourth-order valence-corrected chi connectivity index (χ4v) is 4.38. The Kier molecular flexibility index (Phi) is 4.86. The van der Waals surface area contributed by atoms with Crippen LogP contribution in [0.4, 0.5) is 5.69 Å². The van der Waals surface area contributed by atoms with Gasteiger partial charge in [-0.05, 0) is 60.7 Å². The first kappa shape index (κ1) is 19.2. The van der Waals surface area contributed by atoms with Crippen molar-refractivity contribution in [1.29, 1.82) is 0 Å². The molecule has 154 valence electrons. The number of nitrogens with zero attached hydrogens (tertiary/aromatic N) is 1. The molecular formula is C26H22N2O3. The maximum absolute atomic E-state index is 12.9. The fourth-order valence-electron chi connectivity index (χ4n) is 4.38. The summed E-state index contributed by atoms with van der Waals surface area (Å²) < 4.78 is 0. The molecule has 2 aliphatic rings. The van der Waals surface area contributed by atoms with Crippen LogP contribution in [0.1, 0.15) is 55.9 Å². The summed E-state index contributed by atoms with van der Waals surface area (Å²) >= 11 is 0. The molecule has 31 heavy (non-hydrogen) atoms. The number of anilines is 1. The molecule has 1 aliphatic carbocycles. The van der Waals surface area contributed by atoms with E-state index in [0.29, 0.717) is 27.9 Å². The Hall–Kier alpha value is -3.73. The van der Waals surface area contributed by atoms with Crippen LogP contribution in [0.5, 0.6) is 0 Å². The lowest BCUT2D eigenvalue weighted by Gasteiger charge is -2.26. The van der Waals surface area contributed by atoms with Gasteiger partial charge in [-0.2, -0.15) is 0 Å². The van der Waals surface area contributed by atoms with Gasteiger partial charge in [0.2, 0.25) is 0 Å². The van der Waals surface area contributed by atoms with Gasteiger partial charge >= 0.3 is 0 Å². The minimum Gasteiger partial charge on any atom is -0.339 e. The van der Waals surface area contributed by atoms with Gasteiger partial charge in [0.1, 0.15) is 0 Å². The number of nitrogens with one attached hydrogen (secondary N) is 1. The number of amides is 2. The molecule has 0 unspecified atom stereocenters. The molecular weight excluding hydrogens is 388 g/mol. The lowest BCUT2D eigenvalue weighted by Crippen LogP contribution is -2.35. The van der Waals surface area contributed by atoms with Gasteiger partial charge in [-0.15, -0.1) is 0 Å². The Morgan fingerprint density at radius 2 is 1.45 bits per heavy atom. The second-order valence-corrected chi connectivity index (χ2v) is 8.02. The summed E-state index contributed by atoms with van der Waals surface area (Å²) in [7, 11) is 0. The number of benzene rings is 3. The smallest absolute Gasteiger partial charge is 0.255 e. The molecule has 0 bridgehead atoms. The summed E-state index contributed by atoms with van der Waals surface area (Å²) in [4.78, 5) is 40.2. The van der Waals surface area contributed by atoms with Crippen LogP contribution in [0, 0.1) is 0 Å². The third kappa shape index (κ3) is 3.52. The highest BCUT2D eigenvalue weighted by atomic mass is 16.2. The normalized spacial score (nSPS) is 14.7. The zero-order valence-electron chi connectivity index (χ0n) is 17.1. The molecule has 1 aliphatic heterocycles. The van der Waals surface area contributed by atoms with Crippen molar-refractivity contribution in [2.75, 3.05) is 18.4 Å². The molecule has 1 saturated heterocycles. The molecule has 5 heteroatoms. The summed E-state index contributed by atoms with van der Waals surface area (Å²) in [5, 5.41) is 2.86. The van der Waals surface area contributed by atoms with E-state index in [2.05, 4.69) is 5.32 Å². The Bertz CT molecular complexity index is 1210. The number of hydrogen-bond acceptors (Lipinski definition) is 3. The van der Waals surface area contributed by atoms with E-state index in [-0.39, 0.29) is 17.6 Å². The van der Waals surface area contributed by atoms with E-state index in [1.54, 1.807) is 36.4 Å². The van der Waals surface area contributed by atoms with Crippen molar-refractivity contribution < 1.29 is 14.4 Å². The Morgan fingerprint density at radius 1 is 0.710 bits per heavy atom. The number of fused-ring (bicyclic) bond motifs is 3. The molecule has 0 saturated carbocycles. The molecule has 5 rings (SSSR count). The zero-order chi connectivity index (χ0) is 21.4. The lowest BCUT2D eigenvalue weighted by molar-refractivity contribution is 0.0724. The first-order valence-corrected chi connectivity index (χ1v) is 10.6. The standard InChI is InChI=1S/C26H22N2O3/c29-24-22-10-3-2-9-20(22)21-12-11-17(16-23(21)24)25(30)27-19-8-6-7-18(15-19)26(31)28-13-4-1-5-14-28/h2-3,6-12,15-16H,1,4-5,13-14H2,(H,27,30). The van der Waals surface area contributed by atoms with Gasteiger partial charge in [0, 0.05) is 41.0 Å². The molecule has 2 amide bonds. The van der Waals surface area contributed by atoms with E-state index in [9.17, 15) is 14.4 Å². The lowest BCUT2D eigenvalue weighted by atomic mass is 10.0. The largest absolute Gasteiger partial charge is 0.339 e. The van der Waals surface area contributed by atoms with Gasteiger partial charge in [-0.25, -0.2) is 0 Å². The average molecular weight is 410 g/mol. The van der Waals surface area contributed by atoms with Crippen LogP contribution in [0.25, 0.3) is 11.1 Å². The highest BCUT2D eigenvalue weighted by molar-refractivity contribution is 6.22. The Labute approximate surface area is 180 Å². The van der Waals surface area contributed by atoms with E-state index in [0.717, 1.165) is 43.5 Å². The van der Waals surface area contributed by atoms with Crippen molar-refractivity contribution in [2.45, 2.75) is 19.3 Å². The van der Waals surface area contributed by atoms with Crippen molar-refractivity contribution in [3.05, 3.63) is 89.0 Å². The minimum atomic E-state index is -0.311. The van der Waals surface area contributed by atoms with E-state index >= 15 is 0 Å². The van der Waals surface area contributed by atoms with Crippen LogP contribution in [-0.2, 0) is 0 Å². The fraction of sp³-hybridized carbons (Fsp3) is 0.192. The molecule has 1 heterocycles. The summed E-state index contributed by atoms with van der Waals surface area (Å²) in [6, 6.07) is 19.7. The van der Waals surface area contributed by atoms with Crippen molar-refractivity contribution in [3.8, 4) is 11.1 Å². The first-order chi connectivity index (χ1) is 15.1. The zero-order valence-corrected chi connectivity index (χ0v) is 17.1. The molecule has 3 aromatic carbocycles. The number of rotatable bonds is 3. The number of carbonyl (C=O) groups excluding carboxylic acids is 3. The summed E-state index contributed by atoms with van der Waals surface area (Å²) in [5.41, 5.74) is 4.50. The quantitative estimate of drug-likeness (QED) is 0.529. The molecule has 3 aromatic rings. The highest BCUT2D eigenvalue weighted by Crippen LogP contribution is 2.36. The molecule has 5 nitrogen and oxygen atoms in total. The number of likely N-dealkylation sites (tertiary alicyclic amines) is 1. The van der Waals surface area contributed by atoms with Crippen molar-refractivity contribution in [1.82, 2.24) is 4.90 Å². The summed E-state index contributed by atoms with van der Waals surface area (Å²) in [5.74, 6) is -0.375. The molecule has 0 spiro atoms. The number of piperidine rings is 1. The molecule has 1 N–H and O–H groups in total. The Balaban J connectivity index is 1.36. The van der Waals surface area contributed by atoms with E-state index < -0.39 is 0 Å². The Morgan fingerprint density at radius 3 is 2.26 bits per heavy atom. The minimum absolute atomic E-state index is 0.00306. The maximum Gasteiger partial charge on any atom is 0.255 e. The molecule has 0 atom stereocenters. The number of carbonyl (C=O) groups is 3. The van der Waals surface area contributed by atoms with Crippen LogP contribution in [-0.4, -0.2) is 35.6 Å². The first-order valence-electron chi connectivity index (χ1n) is 10.6. The van der Waals surface area contributed by atoms with Gasteiger partial charge in [0.25, 0.3) is 11.8 Å². The van der Waals surface area contributed by atoms with E-state index in [1.165, 1.54) is 0 Å². The van der Waals surface area contributed by atoms with Crippen molar-refractivity contribution in [3.63, 3.8) is 0 Å². The van der Waals surface area contributed by atoms with Crippen LogP contribution in [0.15, 0.2) is 66.7 Å². The second-order valence-electron chi connectivity index (χ2n) is 8.02. The van der Waals surface area contributed by atoms with E-state index in [4.69, 9.17) is 0 Å². The summed E-state index contributed by atoms with van der Waals surface area (Å²) in [6.07, 6.45) is 3.22. The monoisotopic (exact) mass is 410 g/mol. The SMILES string of the molecule is O=C(Nc1cccc(C(=O)N2CCCCC2)c1)c1ccc2c(c1)C(=O)c1ccccc1-2. The maximum atomic E-state index is 12.9. The highest BCUT2D eigenvalue weighted by Gasteiger charge is 2.27. The van der Waals surface area contributed by atoms with Crippen LogP contribution in [0.2, 0.25) is 0 Å². The van der Waals surface area contributed by atoms with Crippen molar-refractivity contribution >= 4 is 23.3 Å². The predicted molar refractivity (Wildman–Crippen MR) is 119 cm³/mol. The third-order valence-electron chi connectivity index (χ3n) is 6.00. The molecule has 0 aromatic heterocycles. The average Bonchev–Trinajstić information content (AvgIpc) is 3.11. The predicted octanol–water partition coefficient (Wildman–Crippen LogP) is 4.78. The van der Waals surface area contributed by atoms with Gasteiger partial charge in [-0.1, -0.05) is 36.4 Å². The van der Waals surface area contributed by atoms with Gasteiger partial charge in [0.15, 0.2) is 5.78 Å². The van der Waals surface area contributed by atoms with Gasteiger partial charge in [-0.3, -0.25) is 14.4 Å². The molecule has 1 fully saturated rings. The number of hydrogen-bond donors (Lipinski definition) is 1. The van der Waals surface area contributed by atoms with Crippen molar-refractivity contribution in [2.24, 2.45) is 0 Å². The number of ketones is 1. The van der Waals surface area contributed by atoms with Gasteiger partial charge in [0.05, 0.1) is 0 Å².